The molecule has 1 aromatic carbocycles. The van der Waals surface area contributed by atoms with Gasteiger partial charge in [0.1, 0.15) is 5.82 Å². The van der Waals surface area contributed by atoms with Gasteiger partial charge in [-0.3, -0.25) is 4.79 Å². The summed E-state index contributed by atoms with van der Waals surface area (Å²) in [4.78, 5) is 13.6. The summed E-state index contributed by atoms with van der Waals surface area (Å²) in [6, 6.07) is 5.97. The predicted octanol–water partition coefficient (Wildman–Crippen LogP) is 2.12. The number of hydrogen-bond donors (Lipinski definition) is 1. The van der Waals surface area contributed by atoms with Crippen LogP contribution in [0.2, 0.25) is 0 Å². The van der Waals surface area contributed by atoms with Crippen molar-refractivity contribution in [3.05, 3.63) is 29.6 Å². The smallest absolute Gasteiger partial charge is 0.224 e. The van der Waals surface area contributed by atoms with Crippen LogP contribution >= 0.6 is 0 Å². The number of carbonyl (C=O) groups excluding carboxylic acids is 1. The van der Waals surface area contributed by atoms with E-state index in [0.29, 0.717) is 18.7 Å². The molecule has 1 amide bonds. The molecule has 1 aliphatic rings. The van der Waals surface area contributed by atoms with Gasteiger partial charge in [0.2, 0.25) is 5.91 Å². The van der Waals surface area contributed by atoms with E-state index in [-0.39, 0.29) is 11.5 Å². The van der Waals surface area contributed by atoms with Crippen molar-refractivity contribution in [1.29, 1.82) is 5.26 Å². The Kier molecular flexibility index (Phi) is 4.35. The van der Waals surface area contributed by atoms with Gasteiger partial charge in [-0.2, -0.15) is 5.26 Å². The number of anilines is 1. The molecule has 19 heavy (non-hydrogen) atoms. The molecule has 1 heterocycles. The molecular formula is C14H16FN3O. The van der Waals surface area contributed by atoms with Crippen LogP contribution in [0.15, 0.2) is 18.2 Å². The van der Waals surface area contributed by atoms with E-state index in [9.17, 15) is 9.18 Å². The number of halogens is 1. The standard InChI is InChI=1S/C14H16FN3O/c15-12-7-11(10-16)8-13(9-12)17-4-3-14(19)18-5-1-2-6-18/h7-9,17H,1-6H2. The van der Waals surface area contributed by atoms with Crippen LogP contribution in [-0.4, -0.2) is 30.4 Å². The summed E-state index contributed by atoms with van der Waals surface area (Å²) in [5, 5.41) is 11.7. The highest BCUT2D eigenvalue weighted by Gasteiger charge is 2.16. The maximum Gasteiger partial charge on any atom is 0.224 e. The van der Waals surface area contributed by atoms with Crippen molar-refractivity contribution in [3.8, 4) is 6.07 Å². The first-order chi connectivity index (χ1) is 9.19. The van der Waals surface area contributed by atoms with Crippen LogP contribution in [0.4, 0.5) is 10.1 Å². The first kappa shape index (κ1) is 13.3. The first-order valence-corrected chi connectivity index (χ1v) is 6.41. The van der Waals surface area contributed by atoms with Crippen LogP contribution in [0, 0.1) is 17.1 Å². The number of benzene rings is 1. The number of nitrogens with zero attached hydrogens (tertiary/aromatic N) is 2. The van der Waals surface area contributed by atoms with Crippen molar-refractivity contribution in [2.75, 3.05) is 25.0 Å². The van der Waals surface area contributed by atoms with Gasteiger partial charge >= 0.3 is 0 Å². The Hall–Kier alpha value is -2.09. The van der Waals surface area contributed by atoms with Crippen LogP contribution in [0.3, 0.4) is 0 Å². The molecule has 1 aromatic rings. The molecule has 5 heteroatoms. The van der Waals surface area contributed by atoms with Gasteiger partial charge in [0, 0.05) is 31.7 Å². The lowest BCUT2D eigenvalue weighted by atomic mass is 10.2. The number of nitriles is 1. The Morgan fingerprint density at radius 2 is 2.11 bits per heavy atom. The van der Waals surface area contributed by atoms with Gasteiger partial charge in [-0.15, -0.1) is 0 Å². The van der Waals surface area contributed by atoms with Crippen LogP contribution < -0.4 is 5.32 Å². The molecule has 0 saturated carbocycles. The summed E-state index contributed by atoms with van der Waals surface area (Å²) in [7, 11) is 0. The molecule has 1 saturated heterocycles. The second-order valence-electron chi connectivity index (χ2n) is 4.61. The molecule has 0 aliphatic carbocycles. The zero-order valence-corrected chi connectivity index (χ0v) is 10.7. The van der Waals surface area contributed by atoms with Crippen molar-refractivity contribution in [2.45, 2.75) is 19.3 Å². The molecule has 1 N–H and O–H groups in total. The molecule has 100 valence electrons. The Bertz CT molecular complexity index is 504. The zero-order chi connectivity index (χ0) is 13.7. The summed E-state index contributed by atoms with van der Waals surface area (Å²) in [5.74, 6) is -0.325. The lowest BCUT2D eigenvalue weighted by molar-refractivity contribution is -0.129. The van der Waals surface area contributed by atoms with Gasteiger partial charge in [0.15, 0.2) is 0 Å². The molecule has 1 aliphatic heterocycles. The topological polar surface area (TPSA) is 56.1 Å². The third kappa shape index (κ3) is 3.68. The molecule has 0 unspecified atom stereocenters. The summed E-state index contributed by atoms with van der Waals surface area (Å²) < 4.78 is 13.2. The molecule has 0 spiro atoms. The van der Waals surface area contributed by atoms with E-state index in [2.05, 4.69) is 5.32 Å². The fourth-order valence-corrected chi connectivity index (χ4v) is 2.19. The van der Waals surface area contributed by atoms with Gasteiger partial charge in [-0.05, 0) is 31.0 Å². The van der Waals surface area contributed by atoms with Crippen molar-refractivity contribution < 1.29 is 9.18 Å². The Morgan fingerprint density at radius 1 is 1.37 bits per heavy atom. The maximum absolute atomic E-state index is 13.2. The quantitative estimate of drug-likeness (QED) is 0.903. The van der Waals surface area contributed by atoms with Crippen LogP contribution in [-0.2, 0) is 4.79 Å². The fraction of sp³-hybridized carbons (Fsp3) is 0.429. The highest BCUT2D eigenvalue weighted by Crippen LogP contribution is 2.14. The second kappa shape index (κ2) is 6.19. The minimum atomic E-state index is -0.451. The average Bonchev–Trinajstić information content (AvgIpc) is 2.92. The van der Waals surface area contributed by atoms with Crippen molar-refractivity contribution in [1.82, 2.24) is 4.90 Å². The largest absolute Gasteiger partial charge is 0.384 e. The van der Waals surface area contributed by atoms with Crippen LogP contribution in [0.1, 0.15) is 24.8 Å². The molecule has 0 aromatic heterocycles. The third-order valence-electron chi connectivity index (χ3n) is 3.15. The normalized spacial score (nSPS) is 14.2. The fourth-order valence-electron chi connectivity index (χ4n) is 2.19. The Morgan fingerprint density at radius 3 is 2.79 bits per heavy atom. The molecule has 0 radical (unpaired) electrons. The van der Waals surface area contributed by atoms with E-state index in [4.69, 9.17) is 5.26 Å². The number of carbonyl (C=O) groups is 1. The average molecular weight is 261 g/mol. The molecule has 1 fully saturated rings. The van der Waals surface area contributed by atoms with Crippen LogP contribution in [0.5, 0.6) is 0 Å². The summed E-state index contributed by atoms with van der Waals surface area (Å²) >= 11 is 0. The molecule has 4 nitrogen and oxygen atoms in total. The zero-order valence-electron chi connectivity index (χ0n) is 10.7. The Balaban J connectivity index is 1.84. The molecule has 0 atom stereocenters. The summed E-state index contributed by atoms with van der Waals surface area (Å²) in [5.41, 5.74) is 0.805. The minimum Gasteiger partial charge on any atom is -0.384 e. The lowest BCUT2D eigenvalue weighted by Gasteiger charge is -2.15. The molecule has 0 bridgehead atoms. The van der Waals surface area contributed by atoms with Crippen LogP contribution in [0.25, 0.3) is 0 Å². The van der Waals surface area contributed by atoms with E-state index in [0.717, 1.165) is 25.9 Å². The maximum atomic E-state index is 13.2. The van der Waals surface area contributed by atoms with Gasteiger partial charge in [-0.25, -0.2) is 4.39 Å². The van der Waals surface area contributed by atoms with E-state index in [1.807, 2.05) is 11.0 Å². The van der Waals surface area contributed by atoms with E-state index < -0.39 is 5.82 Å². The van der Waals surface area contributed by atoms with Crippen molar-refractivity contribution in [2.24, 2.45) is 0 Å². The van der Waals surface area contributed by atoms with Gasteiger partial charge in [0.05, 0.1) is 11.6 Å². The first-order valence-electron chi connectivity index (χ1n) is 6.41. The van der Waals surface area contributed by atoms with Gasteiger partial charge in [0.25, 0.3) is 0 Å². The van der Waals surface area contributed by atoms with Crippen molar-refractivity contribution >= 4 is 11.6 Å². The SMILES string of the molecule is N#Cc1cc(F)cc(NCCC(=O)N2CCCC2)c1. The van der Waals surface area contributed by atoms with E-state index in [1.165, 1.54) is 12.1 Å². The second-order valence-corrected chi connectivity index (χ2v) is 4.61. The number of rotatable bonds is 4. The highest BCUT2D eigenvalue weighted by molar-refractivity contribution is 5.77. The number of nitrogens with one attached hydrogen (secondary N) is 1. The number of amides is 1. The van der Waals surface area contributed by atoms with E-state index >= 15 is 0 Å². The molecular weight excluding hydrogens is 245 g/mol. The van der Waals surface area contributed by atoms with E-state index in [1.54, 1.807) is 6.07 Å². The van der Waals surface area contributed by atoms with Crippen molar-refractivity contribution in [3.63, 3.8) is 0 Å². The number of likely N-dealkylation sites (tertiary alicyclic amines) is 1. The summed E-state index contributed by atoms with van der Waals surface area (Å²) in [6.45, 7) is 2.14. The minimum absolute atomic E-state index is 0.127. The van der Waals surface area contributed by atoms with Gasteiger partial charge < -0.3 is 10.2 Å². The lowest BCUT2D eigenvalue weighted by Crippen LogP contribution is -2.29. The number of hydrogen-bond acceptors (Lipinski definition) is 3. The third-order valence-corrected chi connectivity index (χ3v) is 3.15. The Labute approximate surface area is 111 Å². The monoisotopic (exact) mass is 261 g/mol. The predicted molar refractivity (Wildman–Crippen MR) is 70.0 cm³/mol. The molecule has 2 rings (SSSR count). The highest BCUT2D eigenvalue weighted by atomic mass is 19.1. The summed E-state index contributed by atoms with van der Waals surface area (Å²) in [6.07, 6.45) is 2.54. The van der Waals surface area contributed by atoms with Gasteiger partial charge in [-0.1, -0.05) is 0 Å².